The molecule has 2 aliphatic heterocycles. The van der Waals surface area contributed by atoms with Crippen LogP contribution in [-0.4, -0.2) is 31.3 Å². The zero-order valence-electron chi connectivity index (χ0n) is 10.2. The molecule has 0 atom stereocenters. The Morgan fingerprint density at radius 2 is 2.12 bits per heavy atom. The predicted molar refractivity (Wildman–Crippen MR) is 66.9 cm³/mol. The molecule has 2 fully saturated rings. The monoisotopic (exact) mass is 232 g/mol. The van der Waals surface area contributed by atoms with Gasteiger partial charge in [0.1, 0.15) is 0 Å². The van der Waals surface area contributed by atoms with Crippen molar-refractivity contribution in [3.8, 4) is 0 Å². The van der Waals surface area contributed by atoms with Crippen molar-refractivity contribution in [2.24, 2.45) is 5.92 Å². The lowest BCUT2D eigenvalue weighted by atomic mass is 9.72. The molecule has 2 saturated heterocycles. The second kappa shape index (κ2) is 4.75. The van der Waals surface area contributed by atoms with Gasteiger partial charge in [0.05, 0.1) is 24.3 Å². The molecule has 3 nitrogen and oxygen atoms in total. The topological polar surface area (TPSA) is 34.1 Å². The molecule has 0 amide bonds. The summed E-state index contributed by atoms with van der Waals surface area (Å²) in [6.07, 6.45) is 5.74. The largest absolute Gasteiger partial charge is 0.379 e. The Hall–Kier alpha value is -0.930. The predicted octanol–water partition coefficient (Wildman–Crippen LogP) is 1.74. The highest BCUT2D eigenvalue weighted by Crippen LogP contribution is 2.39. The molecule has 17 heavy (non-hydrogen) atoms. The molecule has 3 heteroatoms. The standard InChI is InChI=1S/C14H20N2O/c1-2-6-16-13(3-1)14(10-17-11-14)9-12-4-7-15-8-5-12/h1-3,6,12,15H,4-5,7-11H2. The van der Waals surface area contributed by atoms with Gasteiger partial charge in [-0.05, 0) is 50.4 Å². The first-order valence-electron chi connectivity index (χ1n) is 6.59. The molecule has 1 aromatic heterocycles. The first-order chi connectivity index (χ1) is 8.39. The second-order valence-corrected chi connectivity index (χ2v) is 5.39. The highest BCUT2D eigenvalue weighted by molar-refractivity contribution is 5.20. The van der Waals surface area contributed by atoms with E-state index in [1.807, 2.05) is 12.3 Å². The van der Waals surface area contributed by atoms with E-state index in [4.69, 9.17) is 4.74 Å². The minimum absolute atomic E-state index is 0.212. The summed E-state index contributed by atoms with van der Waals surface area (Å²) >= 11 is 0. The van der Waals surface area contributed by atoms with Gasteiger partial charge in [0.2, 0.25) is 0 Å². The number of aromatic nitrogens is 1. The normalized spacial score (nSPS) is 24.2. The van der Waals surface area contributed by atoms with E-state index < -0.39 is 0 Å². The van der Waals surface area contributed by atoms with E-state index in [-0.39, 0.29) is 5.41 Å². The minimum atomic E-state index is 0.212. The SMILES string of the molecule is c1ccc(C2(CC3CCNCC3)COC2)nc1. The summed E-state index contributed by atoms with van der Waals surface area (Å²) in [5, 5.41) is 3.43. The number of piperidine rings is 1. The van der Waals surface area contributed by atoms with E-state index in [1.165, 1.54) is 38.0 Å². The van der Waals surface area contributed by atoms with Crippen LogP contribution >= 0.6 is 0 Å². The molecule has 0 unspecified atom stereocenters. The second-order valence-electron chi connectivity index (χ2n) is 5.39. The van der Waals surface area contributed by atoms with Crippen LogP contribution in [0.3, 0.4) is 0 Å². The fourth-order valence-electron chi connectivity index (χ4n) is 3.03. The lowest BCUT2D eigenvalue weighted by molar-refractivity contribution is -0.0752. The summed E-state index contributed by atoms with van der Waals surface area (Å²) in [7, 11) is 0. The summed E-state index contributed by atoms with van der Waals surface area (Å²) < 4.78 is 5.48. The molecule has 0 saturated carbocycles. The van der Waals surface area contributed by atoms with Crippen molar-refractivity contribution in [1.29, 1.82) is 0 Å². The molecular formula is C14H20N2O. The molecule has 92 valence electrons. The van der Waals surface area contributed by atoms with Gasteiger partial charge in [-0.25, -0.2) is 0 Å². The molecular weight excluding hydrogens is 212 g/mol. The fraction of sp³-hybridized carbons (Fsp3) is 0.643. The molecule has 0 aliphatic carbocycles. The summed E-state index contributed by atoms with van der Waals surface area (Å²) in [4.78, 5) is 4.54. The van der Waals surface area contributed by atoms with E-state index in [1.54, 1.807) is 0 Å². The molecule has 3 rings (SSSR count). The Morgan fingerprint density at radius 3 is 2.71 bits per heavy atom. The van der Waals surface area contributed by atoms with E-state index in [0.29, 0.717) is 0 Å². The first kappa shape index (κ1) is 11.2. The zero-order valence-corrected chi connectivity index (χ0v) is 10.2. The molecule has 1 aromatic rings. The summed E-state index contributed by atoms with van der Waals surface area (Å²) in [6, 6.07) is 6.23. The van der Waals surface area contributed by atoms with Gasteiger partial charge in [-0.2, -0.15) is 0 Å². The maximum absolute atomic E-state index is 5.48. The van der Waals surface area contributed by atoms with Crippen LogP contribution in [0.15, 0.2) is 24.4 Å². The van der Waals surface area contributed by atoms with Gasteiger partial charge in [-0.15, -0.1) is 0 Å². The number of ether oxygens (including phenoxy) is 1. The van der Waals surface area contributed by atoms with Gasteiger partial charge in [-0.3, -0.25) is 4.98 Å². The zero-order chi connectivity index (χ0) is 11.6. The Labute approximate surface area is 103 Å². The van der Waals surface area contributed by atoms with Crippen LogP contribution in [0.1, 0.15) is 25.0 Å². The summed E-state index contributed by atoms with van der Waals surface area (Å²) in [5.74, 6) is 0.835. The van der Waals surface area contributed by atoms with Crippen molar-refractivity contribution in [3.63, 3.8) is 0 Å². The van der Waals surface area contributed by atoms with Crippen molar-refractivity contribution in [2.45, 2.75) is 24.7 Å². The van der Waals surface area contributed by atoms with Gasteiger partial charge >= 0.3 is 0 Å². The van der Waals surface area contributed by atoms with Crippen molar-refractivity contribution in [3.05, 3.63) is 30.1 Å². The van der Waals surface area contributed by atoms with E-state index in [0.717, 1.165) is 19.1 Å². The van der Waals surface area contributed by atoms with Crippen LogP contribution in [0.4, 0.5) is 0 Å². The summed E-state index contributed by atoms with van der Waals surface area (Å²) in [6.45, 7) is 4.05. The lowest BCUT2D eigenvalue weighted by Crippen LogP contribution is -2.49. The average Bonchev–Trinajstić information content (AvgIpc) is 2.36. The van der Waals surface area contributed by atoms with Crippen molar-refractivity contribution < 1.29 is 4.74 Å². The number of pyridine rings is 1. The third-order valence-corrected chi connectivity index (χ3v) is 4.10. The molecule has 3 heterocycles. The fourth-order valence-corrected chi connectivity index (χ4v) is 3.03. The van der Waals surface area contributed by atoms with E-state index in [9.17, 15) is 0 Å². The molecule has 2 aliphatic rings. The first-order valence-corrected chi connectivity index (χ1v) is 6.59. The summed E-state index contributed by atoms with van der Waals surface area (Å²) in [5.41, 5.74) is 1.44. The molecule has 0 spiro atoms. The van der Waals surface area contributed by atoms with Crippen LogP contribution in [-0.2, 0) is 10.2 Å². The van der Waals surface area contributed by atoms with Gasteiger partial charge < -0.3 is 10.1 Å². The minimum Gasteiger partial charge on any atom is -0.379 e. The average molecular weight is 232 g/mol. The lowest BCUT2D eigenvalue weighted by Gasteiger charge is -2.44. The quantitative estimate of drug-likeness (QED) is 0.862. The highest BCUT2D eigenvalue weighted by atomic mass is 16.5. The number of nitrogens with one attached hydrogen (secondary N) is 1. The van der Waals surface area contributed by atoms with Crippen LogP contribution in [0, 0.1) is 5.92 Å². The third-order valence-electron chi connectivity index (χ3n) is 4.10. The Kier molecular flexibility index (Phi) is 3.12. The van der Waals surface area contributed by atoms with E-state index in [2.05, 4.69) is 22.4 Å². The maximum atomic E-state index is 5.48. The molecule has 0 radical (unpaired) electrons. The van der Waals surface area contributed by atoms with Crippen LogP contribution in [0.5, 0.6) is 0 Å². The third kappa shape index (κ3) is 2.22. The molecule has 1 N–H and O–H groups in total. The maximum Gasteiger partial charge on any atom is 0.0601 e. The van der Waals surface area contributed by atoms with Crippen LogP contribution in [0.25, 0.3) is 0 Å². The number of nitrogens with zero attached hydrogens (tertiary/aromatic N) is 1. The molecule has 0 aromatic carbocycles. The van der Waals surface area contributed by atoms with Crippen LogP contribution in [0.2, 0.25) is 0 Å². The number of rotatable bonds is 3. The van der Waals surface area contributed by atoms with Crippen molar-refractivity contribution >= 4 is 0 Å². The van der Waals surface area contributed by atoms with Gasteiger partial charge in [0.25, 0.3) is 0 Å². The Balaban J connectivity index is 1.73. The molecule has 0 bridgehead atoms. The number of hydrogen-bond donors (Lipinski definition) is 1. The van der Waals surface area contributed by atoms with Crippen molar-refractivity contribution in [1.82, 2.24) is 10.3 Å². The highest BCUT2D eigenvalue weighted by Gasteiger charge is 2.43. The van der Waals surface area contributed by atoms with Gasteiger partial charge in [0.15, 0.2) is 0 Å². The van der Waals surface area contributed by atoms with E-state index >= 15 is 0 Å². The Morgan fingerprint density at radius 1 is 1.29 bits per heavy atom. The Bertz CT molecular complexity index is 356. The van der Waals surface area contributed by atoms with Gasteiger partial charge in [0, 0.05) is 6.20 Å². The van der Waals surface area contributed by atoms with Crippen LogP contribution < -0.4 is 5.32 Å². The van der Waals surface area contributed by atoms with Gasteiger partial charge in [-0.1, -0.05) is 6.07 Å². The number of hydrogen-bond acceptors (Lipinski definition) is 3. The smallest absolute Gasteiger partial charge is 0.0601 e. The van der Waals surface area contributed by atoms with Crippen molar-refractivity contribution in [2.75, 3.05) is 26.3 Å².